The largest absolute Gasteiger partial charge is 0.400 e. The molecule has 0 heterocycles. The summed E-state index contributed by atoms with van der Waals surface area (Å²) in [7, 11) is 0. The predicted octanol–water partition coefficient (Wildman–Crippen LogP) is 3.52. The molecule has 0 aliphatic rings. The van der Waals surface area contributed by atoms with Gasteiger partial charge in [0.25, 0.3) is 5.63 Å². The fourth-order valence-electron chi connectivity index (χ4n) is 0.727. The molecule has 0 spiro atoms. The van der Waals surface area contributed by atoms with Gasteiger partial charge in [0.15, 0.2) is 0 Å². The molecule has 0 aliphatic carbocycles. The summed E-state index contributed by atoms with van der Waals surface area (Å²) in [6, 6.07) is 0. The van der Waals surface area contributed by atoms with Gasteiger partial charge in [0.05, 0.1) is 6.61 Å². The topological polar surface area (TPSA) is 9.23 Å². The number of hydrogen-bond acceptors (Lipinski definition) is 1. The first kappa shape index (κ1) is 13.0. The maximum Gasteiger partial charge on any atom is 0.400 e. The Kier molecular flexibility index (Phi) is 6.51. The molecule has 1 radical (unpaired) electrons. The van der Waals surface area contributed by atoms with Gasteiger partial charge in [-0.05, 0) is 6.42 Å². The van der Waals surface area contributed by atoms with Crippen molar-refractivity contribution < 1.29 is 17.9 Å². The van der Waals surface area contributed by atoms with Crippen molar-refractivity contribution in [3.8, 4) is 0 Å². The van der Waals surface area contributed by atoms with E-state index >= 15 is 0 Å². The highest BCUT2D eigenvalue weighted by Crippen LogP contribution is 2.26. The lowest BCUT2D eigenvalue weighted by Crippen LogP contribution is -2.29. The van der Waals surface area contributed by atoms with E-state index in [9.17, 15) is 13.2 Å². The lowest BCUT2D eigenvalue weighted by atomic mass is 10.2. The number of halogens is 4. The summed E-state index contributed by atoms with van der Waals surface area (Å²) in [4.78, 5) is 0. The van der Waals surface area contributed by atoms with Gasteiger partial charge in [-0.2, -0.15) is 8.78 Å². The molecule has 0 rings (SSSR count). The molecule has 1 nitrogen and oxygen atoms in total. The van der Waals surface area contributed by atoms with Crippen molar-refractivity contribution in [2.75, 3.05) is 6.61 Å². The van der Waals surface area contributed by atoms with Gasteiger partial charge in [-0.15, -0.1) is 0 Å². The summed E-state index contributed by atoms with van der Waals surface area (Å²) in [5.41, 5.74) is -2.78. The second-order valence-electron chi connectivity index (χ2n) is 2.63. The van der Waals surface area contributed by atoms with Crippen molar-refractivity contribution in [2.24, 2.45) is 0 Å². The van der Waals surface area contributed by atoms with Crippen LogP contribution < -0.4 is 0 Å². The van der Waals surface area contributed by atoms with Crippen molar-refractivity contribution in [1.82, 2.24) is 0 Å². The van der Waals surface area contributed by atoms with Gasteiger partial charge in [0.2, 0.25) is 0 Å². The summed E-state index contributed by atoms with van der Waals surface area (Å²) < 4.78 is 40.5. The molecule has 0 fully saturated rings. The van der Waals surface area contributed by atoms with Gasteiger partial charge in [0, 0.05) is 0 Å². The Balaban J connectivity index is 3.41. The molecule has 0 aromatic heterocycles. The smallest absolute Gasteiger partial charge is 0.317 e. The maximum absolute atomic E-state index is 12.3. The number of ether oxygens (including phenoxy) is 1. The van der Waals surface area contributed by atoms with Gasteiger partial charge in [-0.3, -0.25) is 0 Å². The third-order valence-corrected chi connectivity index (χ3v) is 1.70. The standard InChI is InChI=1S/C8H13ClF3O/c1-2-3-4-5-6-13-8(11,12)7(9)10/h7H,1-6H2. The predicted molar refractivity (Wildman–Crippen MR) is 45.5 cm³/mol. The first-order valence-electron chi connectivity index (χ1n) is 4.10. The van der Waals surface area contributed by atoms with E-state index in [2.05, 4.69) is 23.3 Å². The van der Waals surface area contributed by atoms with E-state index in [0.29, 0.717) is 6.42 Å². The zero-order valence-corrected chi connectivity index (χ0v) is 8.00. The van der Waals surface area contributed by atoms with Gasteiger partial charge in [0.1, 0.15) is 0 Å². The second-order valence-corrected chi connectivity index (χ2v) is 3.01. The van der Waals surface area contributed by atoms with Crippen molar-refractivity contribution in [3.63, 3.8) is 0 Å². The van der Waals surface area contributed by atoms with Crippen LogP contribution in [0.25, 0.3) is 0 Å². The van der Waals surface area contributed by atoms with E-state index in [0.717, 1.165) is 19.3 Å². The lowest BCUT2D eigenvalue weighted by Gasteiger charge is -2.16. The average molecular weight is 218 g/mol. The number of hydrogen-bond donors (Lipinski definition) is 0. The zero-order chi connectivity index (χ0) is 10.3. The first-order chi connectivity index (χ1) is 6.00. The Morgan fingerprint density at radius 1 is 1.31 bits per heavy atom. The van der Waals surface area contributed by atoms with Crippen LogP contribution in [0.1, 0.15) is 25.7 Å². The van der Waals surface area contributed by atoms with Gasteiger partial charge in [-0.25, -0.2) is 4.39 Å². The van der Waals surface area contributed by atoms with Crippen molar-refractivity contribution in [2.45, 2.75) is 37.4 Å². The second kappa shape index (κ2) is 6.49. The lowest BCUT2D eigenvalue weighted by molar-refractivity contribution is -0.256. The Morgan fingerprint density at radius 2 is 1.92 bits per heavy atom. The van der Waals surface area contributed by atoms with Crippen LogP contribution in [-0.2, 0) is 4.74 Å². The van der Waals surface area contributed by atoms with E-state index in [-0.39, 0.29) is 6.61 Å². The van der Waals surface area contributed by atoms with Crippen LogP contribution in [0.5, 0.6) is 0 Å². The summed E-state index contributed by atoms with van der Waals surface area (Å²) in [5, 5.41) is 0. The van der Waals surface area contributed by atoms with E-state index in [1.54, 1.807) is 0 Å². The highest BCUT2D eigenvalue weighted by molar-refractivity contribution is 6.20. The van der Waals surface area contributed by atoms with Crippen molar-refractivity contribution in [3.05, 3.63) is 6.92 Å². The molecule has 1 unspecified atom stereocenters. The van der Waals surface area contributed by atoms with Gasteiger partial charge >= 0.3 is 6.11 Å². The Labute approximate surface area is 81.2 Å². The molecule has 0 aromatic carbocycles. The third kappa shape index (κ3) is 6.16. The zero-order valence-electron chi connectivity index (χ0n) is 7.24. The van der Waals surface area contributed by atoms with Crippen LogP contribution in [0.15, 0.2) is 0 Å². The molecule has 0 aliphatic heterocycles. The average Bonchev–Trinajstić information content (AvgIpc) is 2.03. The monoisotopic (exact) mass is 217 g/mol. The highest BCUT2D eigenvalue weighted by atomic mass is 35.5. The van der Waals surface area contributed by atoms with Crippen LogP contribution >= 0.6 is 11.6 Å². The molecule has 5 heteroatoms. The maximum atomic E-state index is 12.3. The Hall–Kier alpha value is 0.0400. The van der Waals surface area contributed by atoms with Crippen LogP contribution in [0.2, 0.25) is 0 Å². The number of unbranched alkanes of at least 4 members (excludes halogenated alkanes) is 3. The number of rotatable bonds is 7. The Bertz CT molecular complexity index is 131. The molecule has 79 valence electrons. The van der Waals surface area contributed by atoms with E-state index in [4.69, 9.17) is 0 Å². The molecule has 1 atom stereocenters. The first-order valence-corrected chi connectivity index (χ1v) is 4.53. The molecule has 0 saturated heterocycles. The van der Waals surface area contributed by atoms with E-state index in [1.807, 2.05) is 0 Å². The molecule has 0 aromatic rings. The highest BCUT2D eigenvalue weighted by Gasteiger charge is 2.40. The SMILES string of the molecule is [CH2]CCCCCOC(F)(F)C(F)Cl. The summed E-state index contributed by atoms with van der Waals surface area (Å²) in [5.74, 6) is 0. The van der Waals surface area contributed by atoms with Gasteiger partial charge < -0.3 is 4.74 Å². The minimum Gasteiger partial charge on any atom is -0.317 e. The Morgan fingerprint density at radius 3 is 2.38 bits per heavy atom. The quantitative estimate of drug-likeness (QED) is 0.468. The molecular weight excluding hydrogens is 205 g/mol. The summed E-state index contributed by atoms with van der Waals surface area (Å²) >= 11 is 4.56. The molecule has 0 amide bonds. The third-order valence-electron chi connectivity index (χ3n) is 1.44. The van der Waals surface area contributed by atoms with Crippen LogP contribution in [0, 0.1) is 6.92 Å². The van der Waals surface area contributed by atoms with Crippen LogP contribution in [0.4, 0.5) is 13.2 Å². The summed E-state index contributed by atoms with van der Waals surface area (Å²) in [6.07, 6.45) is -1.04. The normalized spacial score (nSPS) is 14.5. The molecular formula is C8H13ClF3O. The minimum absolute atomic E-state index is 0.180. The summed E-state index contributed by atoms with van der Waals surface area (Å²) in [6.45, 7) is 3.41. The molecule has 0 saturated carbocycles. The van der Waals surface area contributed by atoms with E-state index < -0.39 is 11.7 Å². The van der Waals surface area contributed by atoms with E-state index in [1.165, 1.54) is 0 Å². The molecule has 0 bridgehead atoms. The molecule has 13 heavy (non-hydrogen) atoms. The molecule has 0 N–H and O–H groups in total. The fourth-order valence-corrected chi connectivity index (χ4v) is 0.790. The van der Waals surface area contributed by atoms with Gasteiger partial charge in [-0.1, -0.05) is 37.8 Å². The van der Waals surface area contributed by atoms with Crippen LogP contribution in [-0.4, -0.2) is 18.3 Å². The minimum atomic E-state index is -3.87. The fraction of sp³-hybridized carbons (Fsp3) is 0.875. The van der Waals surface area contributed by atoms with Crippen molar-refractivity contribution >= 4 is 11.6 Å². The van der Waals surface area contributed by atoms with Crippen molar-refractivity contribution in [1.29, 1.82) is 0 Å². The number of alkyl halides is 4. The van der Waals surface area contributed by atoms with Crippen LogP contribution in [0.3, 0.4) is 0 Å².